The smallest absolute Gasteiger partial charge is 0.251 e. The SMILES string of the molecule is CN(CCC#N)C(=O)C1CCCO1. The Labute approximate surface area is 78.1 Å². The molecule has 72 valence electrons. The van der Waals surface area contributed by atoms with E-state index in [9.17, 15) is 4.79 Å². The van der Waals surface area contributed by atoms with Crippen molar-refractivity contribution in [3.8, 4) is 6.07 Å². The second-order valence-corrected chi connectivity index (χ2v) is 3.17. The van der Waals surface area contributed by atoms with Crippen molar-refractivity contribution in [1.82, 2.24) is 4.90 Å². The topological polar surface area (TPSA) is 53.3 Å². The third-order valence-electron chi connectivity index (χ3n) is 2.14. The number of nitriles is 1. The lowest BCUT2D eigenvalue weighted by molar-refractivity contribution is -0.139. The maximum Gasteiger partial charge on any atom is 0.251 e. The van der Waals surface area contributed by atoms with Gasteiger partial charge in [0, 0.05) is 20.2 Å². The van der Waals surface area contributed by atoms with Crippen molar-refractivity contribution < 1.29 is 9.53 Å². The van der Waals surface area contributed by atoms with Crippen LogP contribution >= 0.6 is 0 Å². The summed E-state index contributed by atoms with van der Waals surface area (Å²) in [5.74, 6) is 0.00718. The van der Waals surface area contributed by atoms with Crippen LogP contribution in [0.1, 0.15) is 19.3 Å². The first-order chi connectivity index (χ1) is 6.25. The molecule has 0 aromatic heterocycles. The van der Waals surface area contributed by atoms with Gasteiger partial charge in [-0.1, -0.05) is 0 Å². The molecular weight excluding hydrogens is 168 g/mol. The van der Waals surface area contributed by atoms with Crippen molar-refractivity contribution in [2.75, 3.05) is 20.2 Å². The van der Waals surface area contributed by atoms with Gasteiger partial charge in [-0.15, -0.1) is 0 Å². The Morgan fingerprint density at radius 3 is 3.08 bits per heavy atom. The third kappa shape index (κ3) is 2.71. The van der Waals surface area contributed by atoms with Crippen molar-refractivity contribution >= 4 is 5.91 Å². The number of rotatable bonds is 3. The summed E-state index contributed by atoms with van der Waals surface area (Å²) in [6, 6.07) is 2.01. The van der Waals surface area contributed by atoms with E-state index in [0.29, 0.717) is 19.6 Å². The molecule has 1 amide bonds. The van der Waals surface area contributed by atoms with Gasteiger partial charge in [-0.2, -0.15) is 5.26 Å². The van der Waals surface area contributed by atoms with Crippen LogP contribution in [-0.4, -0.2) is 37.1 Å². The fraction of sp³-hybridized carbons (Fsp3) is 0.778. The normalized spacial score (nSPS) is 21.1. The fourth-order valence-electron chi connectivity index (χ4n) is 1.35. The molecule has 1 unspecified atom stereocenters. The molecule has 0 N–H and O–H groups in total. The molecule has 0 aromatic carbocycles. The summed E-state index contributed by atoms with van der Waals surface area (Å²) >= 11 is 0. The summed E-state index contributed by atoms with van der Waals surface area (Å²) in [7, 11) is 1.71. The number of carbonyl (C=O) groups excluding carboxylic acids is 1. The number of likely N-dealkylation sites (N-methyl/N-ethyl adjacent to an activating group) is 1. The third-order valence-corrected chi connectivity index (χ3v) is 2.14. The van der Waals surface area contributed by atoms with Gasteiger partial charge in [0.2, 0.25) is 0 Å². The van der Waals surface area contributed by atoms with Gasteiger partial charge in [0.1, 0.15) is 6.10 Å². The highest BCUT2D eigenvalue weighted by Crippen LogP contribution is 2.13. The number of ether oxygens (including phenoxy) is 1. The predicted octanol–water partition coefficient (Wildman–Crippen LogP) is 0.537. The molecule has 1 fully saturated rings. The molecule has 1 heterocycles. The van der Waals surface area contributed by atoms with E-state index in [1.54, 1.807) is 11.9 Å². The first-order valence-electron chi connectivity index (χ1n) is 4.49. The summed E-state index contributed by atoms with van der Waals surface area (Å²) in [5, 5.41) is 8.34. The lowest BCUT2D eigenvalue weighted by Gasteiger charge is -2.18. The standard InChI is InChI=1S/C9H14N2O2/c1-11(6-3-5-10)9(12)8-4-2-7-13-8/h8H,2-4,6-7H2,1H3. The quantitative estimate of drug-likeness (QED) is 0.640. The van der Waals surface area contributed by atoms with Crippen molar-refractivity contribution in [2.24, 2.45) is 0 Å². The van der Waals surface area contributed by atoms with E-state index < -0.39 is 0 Å². The van der Waals surface area contributed by atoms with Gasteiger partial charge in [-0.25, -0.2) is 0 Å². The molecule has 4 heteroatoms. The molecule has 0 saturated carbocycles. The highest BCUT2D eigenvalue weighted by molar-refractivity contribution is 5.80. The van der Waals surface area contributed by atoms with Crippen LogP contribution in [-0.2, 0) is 9.53 Å². The number of nitrogens with zero attached hydrogens (tertiary/aromatic N) is 2. The largest absolute Gasteiger partial charge is 0.368 e. The van der Waals surface area contributed by atoms with Gasteiger partial charge >= 0.3 is 0 Å². The lowest BCUT2D eigenvalue weighted by atomic mass is 10.2. The summed E-state index contributed by atoms with van der Waals surface area (Å²) in [4.78, 5) is 13.1. The summed E-state index contributed by atoms with van der Waals surface area (Å²) in [6.07, 6.45) is 1.90. The van der Waals surface area contributed by atoms with Gasteiger partial charge in [0.15, 0.2) is 0 Å². The van der Waals surface area contributed by atoms with Crippen LogP contribution in [0, 0.1) is 11.3 Å². The van der Waals surface area contributed by atoms with E-state index in [-0.39, 0.29) is 12.0 Å². The van der Waals surface area contributed by atoms with Gasteiger partial charge in [-0.05, 0) is 12.8 Å². The number of amides is 1. The van der Waals surface area contributed by atoms with E-state index in [1.807, 2.05) is 6.07 Å². The van der Waals surface area contributed by atoms with Crippen LogP contribution in [0.15, 0.2) is 0 Å². The molecule has 0 spiro atoms. The molecule has 4 nitrogen and oxygen atoms in total. The molecule has 1 atom stereocenters. The molecule has 13 heavy (non-hydrogen) atoms. The zero-order chi connectivity index (χ0) is 9.68. The first kappa shape index (κ1) is 10.0. The van der Waals surface area contributed by atoms with E-state index in [2.05, 4.69) is 0 Å². The van der Waals surface area contributed by atoms with Crippen LogP contribution in [0.25, 0.3) is 0 Å². The molecule has 0 bridgehead atoms. The van der Waals surface area contributed by atoms with E-state index in [1.165, 1.54) is 0 Å². The summed E-state index contributed by atoms with van der Waals surface area (Å²) < 4.78 is 5.24. The van der Waals surface area contributed by atoms with Crippen LogP contribution in [0.3, 0.4) is 0 Å². The van der Waals surface area contributed by atoms with Crippen LogP contribution in [0.2, 0.25) is 0 Å². The van der Waals surface area contributed by atoms with E-state index >= 15 is 0 Å². The molecule has 1 saturated heterocycles. The number of carbonyl (C=O) groups is 1. The average Bonchev–Trinajstić information content (AvgIpc) is 2.65. The van der Waals surface area contributed by atoms with Gasteiger partial charge in [0.25, 0.3) is 5.91 Å². The first-order valence-corrected chi connectivity index (χ1v) is 4.49. The fourth-order valence-corrected chi connectivity index (χ4v) is 1.35. The Bertz CT molecular complexity index is 216. The molecule has 1 rings (SSSR count). The Hall–Kier alpha value is -1.08. The van der Waals surface area contributed by atoms with Crippen molar-refractivity contribution in [2.45, 2.75) is 25.4 Å². The van der Waals surface area contributed by atoms with Crippen molar-refractivity contribution in [3.63, 3.8) is 0 Å². The van der Waals surface area contributed by atoms with Crippen molar-refractivity contribution in [1.29, 1.82) is 5.26 Å². The van der Waals surface area contributed by atoms with Crippen molar-refractivity contribution in [3.05, 3.63) is 0 Å². The monoisotopic (exact) mass is 182 g/mol. The molecule has 1 aliphatic rings. The van der Waals surface area contributed by atoms with E-state index in [0.717, 1.165) is 12.8 Å². The Morgan fingerprint density at radius 1 is 1.77 bits per heavy atom. The molecule has 0 aliphatic carbocycles. The van der Waals surface area contributed by atoms with Crippen LogP contribution < -0.4 is 0 Å². The minimum absolute atomic E-state index is 0.00718. The lowest BCUT2D eigenvalue weighted by Crippen LogP contribution is -2.36. The minimum atomic E-state index is -0.260. The van der Waals surface area contributed by atoms with Crippen LogP contribution in [0.4, 0.5) is 0 Å². The highest BCUT2D eigenvalue weighted by atomic mass is 16.5. The number of hydrogen-bond donors (Lipinski definition) is 0. The second-order valence-electron chi connectivity index (χ2n) is 3.17. The Morgan fingerprint density at radius 2 is 2.54 bits per heavy atom. The minimum Gasteiger partial charge on any atom is -0.368 e. The van der Waals surface area contributed by atoms with Gasteiger partial charge < -0.3 is 9.64 Å². The Balaban J connectivity index is 2.33. The molecular formula is C9H14N2O2. The highest BCUT2D eigenvalue weighted by Gasteiger charge is 2.25. The Kier molecular flexibility index (Phi) is 3.71. The van der Waals surface area contributed by atoms with Gasteiger partial charge in [0.05, 0.1) is 12.5 Å². The predicted molar refractivity (Wildman–Crippen MR) is 46.8 cm³/mol. The zero-order valence-corrected chi connectivity index (χ0v) is 7.82. The number of hydrogen-bond acceptors (Lipinski definition) is 3. The summed E-state index contributed by atoms with van der Waals surface area (Å²) in [5.41, 5.74) is 0. The molecule has 0 aromatic rings. The molecule has 1 aliphatic heterocycles. The van der Waals surface area contributed by atoms with E-state index in [4.69, 9.17) is 10.00 Å². The second kappa shape index (κ2) is 4.83. The maximum atomic E-state index is 11.5. The maximum absolute atomic E-state index is 11.5. The average molecular weight is 182 g/mol. The van der Waals surface area contributed by atoms with Gasteiger partial charge in [-0.3, -0.25) is 4.79 Å². The van der Waals surface area contributed by atoms with Crippen LogP contribution in [0.5, 0.6) is 0 Å². The molecule has 0 radical (unpaired) electrons. The zero-order valence-electron chi connectivity index (χ0n) is 7.82. The summed E-state index contributed by atoms with van der Waals surface area (Å²) in [6.45, 7) is 1.18.